The number of ether oxygens (including phenoxy) is 3. The highest BCUT2D eigenvalue weighted by molar-refractivity contribution is 5.91. The van der Waals surface area contributed by atoms with Crippen LogP contribution in [0.1, 0.15) is 101 Å². The Hall–Kier alpha value is -2.49. The third kappa shape index (κ3) is 9.95. The van der Waals surface area contributed by atoms with Crippen molar-refractivity contribution in [1.82, 2.24) is 0 Å². The summed E-state index contributed by atoms with van der Waals surface area (Å²) in [7, 11) is 0. The lowest BCUT2D eigenvalue weighted by Gasteiger charge is -2.28. The first-order valence-corrected chi connectivity index (χ1v) is 13.9. The van der Waals surface area contributed by atoms with Gasteiger partial charge in [-0.05, 0) is 79.6 Å². The number of unbranched alkanes of at least 4 members (excludes halogenated alkanes) is 3. The van der Waals surface area contributed by atoms with E-state index in [4.69, 9.17) is 14.2 Å². The van der Waals surface area contributed by atoms with Crippen molar-refractivity contribution in [2.45, 2.75) is 90.9 Å². The maximum Gasteiger partial charge on any atom is 0.343 e. The molecule has 0 heterocycles. The molecule has 0 atom stereocenters. The quantitative estimate of drug-likeness (QED) is 0.145. The third-order valence-electron chi connectivity index (χ3n) is 7.08. The lowest BCUT2D eigenvalue weighted by atomic mass is 9.78. The van der Waals surface area contributed by atoms with E-state index in [1.54, 1.807) is 24.3 Å². The van der Waals surface area contributed by atoms with Gasteiger partial charge >= 0.3 is 5.97 Å². The zero-order chi connectivity index (χ0) is 24.7. The Kier molecular flexibility index (Phi) is 12.0. The molecule has 35 heavy (non-hydrogen) atoms. The van der Waals surface area contributed by atoms with E-state index in [-0.39, 0.29) is 5.97 Å². The third-order valence-corrected chi connectivity index (χ3v) is 7.08. The Labute approximate surface area is 212 Å². The van der Waals surface area contributed by atoms with Gasteiger partial charge in [0.25, 0.3) is 0 Å². The molecule has 0 bridgehead atoms. The van der Waals surface area contributed by atoms with Gasteiger partial charge in [-0.2, -0.15) is 0 Å². The van der Waals surface area contributed by atoms with Crippen LogP contribution in [0.2, 0.25) is 0 Å². The molecule has 192 valence electrons. The van der Waals surface area contributed by atoms with Crippen molar-refractivity contribution in [2.24, 2.45) is 11.8 Å². The molecule has 3 rings (SSSR count). The highest BCUT2D eigenvalue weighted by atomic mass is 16.5. The summed E-state index contributed by atoms with van der Waals surface area (Å²) in [6, 6.07) is 14.5. The molecule has 0 unspecified atom stereocenters. The molecular weight excluding hydrogens is 436 g/mol. The molecular formula is C31H44O4. The van der Waals surface area contributed by atoms with E-state index in [1.807, 2.05) is 24.3 Å². The summed E-state index contributed by atoms with van der Waals surface area (Å²) in [6.07, 6.45) is 15.4. The van der Waals surface area contributed by atoms with Gasteiger partial charge in [-0.15, -0.1) is 0 Å². The van der Waals surface area contributed by atoms with Gasteiger partial charge in [0.15, 0.2) is 0 Å². The van der Waals surface area contributed by atoms with Gasteiger partial charge in [-0.25, -0.2) is 4.79 Å². The number of benzene rings is 2. The molecule has 0 aromatic heterocycles. The van der Waals surface area contributed by atoms with Gasteiger partial charge < -0.3 is 14.2 Å². The lowest BCUT2D eigenvalue weighted by Crippen LogP contribution is -2.15. The molecule has 4 heteroatoms. The molecule has 0 aliphatic heterocycles. The lowest BCUT2D eigenvalue weighted by molar-refractivity contribution is 0.0734. The zero-order valence-electron chi connectivity index (χ0n) is 21.8. The van der Waals surface area contributed by atoms with Crippen molar-refractivity contribution in [1.29, 1.82) is 0 Å². The minimum atomic E-state index is -0.373. The van der Waals surface area contributed by atoms with E-state index in [9.17, 15) is 4.79 Å². The van der Waals surface area contributed by atoms with Crippen LogP contribution in [0.5, 0.6) is 17.2 Å². The summed E-state index contributed by atoms with van der Waals surface area (Å²) < 4.78 is 17.2. The molecule has 2 aromatic rings. The Bertz CT molecular complexity index is 835. The number of hydrogen-bond acceptors (Lipinski definition) is 4. The fourth-order valence-corrected chi connectivity index (χ4v) is 4.96. The van der Waals surface area contributed by atoms with E-state index in [0.717, 1.165) is 42.8 Å². The fourth-order valence-electron chi connectivity index (χ4n) is 4.96. The molecule has 0 spiro atoms. The zero-order valence-corrected chi connectivity index (χ0v) is 21.8. The van der Waals surface area contributed by atoms with E-state index in [1.165, 1.54) is 64.2 Å². The largest absolute Gasteiger partial charge is 0.494 e. The second-order valence-electron chi connectivity index (χ2n) is 9.96. The summed E-state index contributed by atoms with van der Waals surface area (Å²) in [6.45, 7) is 5.94. The number of carbonyl (C=O) groups excluding carboxylic acids is 1. The molecule has 1 aliphatic rings. The van der Waals surface area contributed by atoms with Crippen LogP contribution in [0, 0.1) is 11.8 Å². The first kappa shape index (κ1) is 27.1. The van der Waals surface area contributed by atoms with Crippen LogP contribution in [0.25, 0.3) is 0 Å². The second-order valence-corrected chi connectivity index (χ2v) is 9.96. The number of esters is 1. The SMILES string of the molecule is CCCCCCOc1ccc(C(=O)Oc2ccc(OCCCC3CCC(CCC)CC3)cc2)cc1. The van der Waals surface area contributed by atoms with Crippen molar-refractivity contribution in [3.8, 4) is 17.2 Å². The first-order valence-electron chi connectivity index (χ1n) is 13.9. The molecule has 2 aromatic carbocycles. The van der Waals surface area contributed by atoms with Gasteiger partial charge in [-0.3, -0.25) is 0 Å². The average Bonchev–Trinajstić information content (AvgIpc) is 2.89. The molecule has 1 fully saturated rings. The molecule has 4 nitrogen and oxygen atoms in total. The minimum absolute atomic E-state index is 0.373. The van der Waals surface area contributed by atoms with Crippen LogP contribution >= 0.6 is 0 Å². The highest BCUT2D eigenvalue weighted by Crippen LogP contribution is 2.33. The van der Waals surface area contributed by atoms with E-state index in [0.29, 0.717) is 17.9 Å². The van der Waals surface area contributed by atoms with Crippen molar-refractivity contribution >= 4 is 5.97 Å². The van der Waals surface area contributed by atoms with Crippen LogP contribution in [0.4, 0.5) is 0 Å². The van der Waals surface area contributed by atoms with Gasteiger partial charge in [0.2, 0.25) is 0 Å². The van der Waals surface area contributed by atoms with Crippen molar-refractivity contribution in [3.63, 3.8) is 0 Å². The van der Waals surface area contributed by atoms with Crippen LogP contribution in [0.15, 0.2) is 48.5 Å². The molecule has 1 aliphatic carbocycles. The standard InChI is InChI=1S/C31H44O4/c1-3-5-6-7-23-33-28-17-15-27(16-18-28)31(32)35-30-21-19-29(20-22-30)34-24-8-10-26-13-11-25(9-4-2)12-14-26/h15-22,25-26H,3-14,23-24H2,1-2H3. The topological polar surface area (TPSA) is 44.8 Å². The Morgan fingerprint density at radius 1 is 0.657 bits per heavy atom. The van der Waals surface area contributed by atoms with E-state index >= 15 is 0 Å². The van der Waals surface area contributed by atoms with Crippen molar-refractivity contribution < 1.29 is 19.0 Å². The first-order chi connectivity index (χ1) is 17.2. The van der Waals surface area contributed by atoms with Crippen LogP contribution in [-0.4, -0.2) is 19.2 Å². The minimum Gasteiger partial charge on any atom is -0.494 e. The second kappa shape index (κ2) is 15.5. The predicted octanol–water partition coefficient (Wildman–Crippen LogP) is 8.63. The Balaban J connectivity index is 1.32. The number of hydrogen-bond donors (Lipinski definition) is 0. The van der Waals surface area contributed by atoms with Crippen LogP contribution in [0.3, 0.4) is 0 Å². The number of carbonyl (C=O) groups is 1. The predicted molar refractivity (Wildman–Crippen MR) is 143 cm³/mol. The smallest absolute Gasteiger partial charge is 0.343 e. The summed E-state index contributed by atoms with van der Waals surface area (Å²) in [5.41, 5.74) is 0.507. The summed E-state index contributed by atoms with van der Waals surface area (Å²) >= 11 is 0. The molecule has 0 saturated heterocycles. The van der Waals surface area contributed by atoms with Crippen LogP contribution < -0.4 is 14.2 Å². The highest BCUT2D eigenvalue weighted by Gasteiger charge is 2.20. The Morgan fingerprint density at radius 2 is 1.20 bits per heavy atom. The summed E-state index contributed by atoms with van der Waals surface area (Å²) in [5.74, 6) is 3.59. The number of rotatable bonds is 15. The summed E-state index contributed by atoms with van der Waals surface area (Å²) in [4.78, 5) is 12.5. The van der Waals surface area contributed by atoms with E-state index in [2.05, 4.69) is 13.8 Å². The van der Waals surface area contributed by atoms with Crippen molar-refractivity contribution in [3.05, 3.63) is 54.1 Å². The maximum absolute atomic E-state index is 12.5. The van der Waals surface area contributed by atoms with Gasteiger partial charge in [0.1, 0.15) is 17.2 Å². The van der Waals surface area contributed by atoms with Crippen molar-refractivity contribution in [2.75, 3.05) is 13.2 Å². The molecule has 1 saturated carbocycles. The fraction of sp³-hybridized carbons (Fsp3) is 0.581. The van der Waals surface area contributed by atoms with Gasteiger partial charge in [-0.1, -0.05) is 71.6 Å². The van der Waals surface area contributed by atoms with Crippen LogP contribution in [-0.2, 0) is 0 Å². The normalized spacial score (nSPS) is 17.7. The van der Waals surface area contributed by atoms with Gasteiger partial charge in [0.05, 0.1) is 18.8 Å². The van der Waals surface area contributed by atoms with Gasteiger partial charge in [0, 0.05) is 0 Å². The monoisotopic (exact) mass is 480 g/mol. The molecule has 0 amide bonds. The maximum atomic E-state index is 12.5. The average molecular weight is 481 g/mol. The summed E-state index contributed by atoms with van der Waals surface area (Å²) in [5, 5.41) is 0. The molecule has 0 N–H and O–H groups in total. The van der Waals surface area contributed by atoms with E-state index < -0.39 is 0 Å². The Morgan fingerprint density at radius 3 is 1.80 bits per heavy atom. The molecule has 0 radical (unpaired) electrons.